The molecule has 4 aromatic rings. The Balaban J connectivity index is 1.53. The SMILES string of the molecule is CCOc1ccc(C(=O)NC(=S)Nc2cc(-c3nc4cc(C(C)C)ccc4o3)ccc2OC)cc1Cl. The van der Waals surface area contributed by atoms with Gasteiger partial charge < -0.3 is 19.2 Å². The molecule has 0 aliphatic carbocycles. The number of hydrogen-bond acceptors (Lipinski definition) is 6. The molecule has 0 radical (unpaired) electrons. The van der Waals surface area contributed by atoms with Crippen molar-refractivity contribution in [2.75, 3.05) is 19.0 Å². The number of ether oxygens (including phenoxy) is 2. The van der Waals surface area contributed by atoms with E-state index in [0.29, 0.717) is 51.8 Å². The smallest absolute Gasteiger partial charge is 0.257 e. The van der Waals surface area contributed by atoms with Gasteiger partial charge in [0.2, 0.25) is 5.89 Å². The van der Waals surface area contributed by atoms with E-state index in [2.05, 4.69) is 29.5 Å². The molecule has 9 heteroatoms. The lowest BCUT2D eigenvalue weighted by molar-refractivity contribution is 0.0977. The van der Waals surface area contributed by atoms with E-state index < -0.39 is 5.91 Å². The Morgan fingerprint density at radius 1 is 1.11 bits per heavy atom. The van der Waals surface area contributed by atoms with Crippen LogP contribution < -0.4 is 20.1 Å². The number of fused-ring (bicyclic) bond motifs is 1. The third kappa shape index (κ3) is 5.61. The normalized spacial score (nSPS) is 10.9. The van der Waals surface area contributed by atoms with Crippen molar-refractivity contribution in [1.29, 1.82) is 0 Å². The zero-order valence-electron chi connectivity index (χ0n) is 20.3. The lowest BCUT2D eigenvalue weighted by atomic mass is 10.0. The number of aromatic nitrogens is 1. The van der Waals surface area contributed by atoms with Gasteiger partial charge in [-0.3, -0.25) is 10.1 Å². The standard InChI is InChI=1S/C27H26ClN3O4S/c1-5-34-22-9-7-17(12-19(22)28)25(32)31-27(36)30-20-14-18(8-10-23(20)33-4)26-29-21-13-16(15(2)3)6-11-24(21)35-26/h6-15H,5H2,1-4H3,(H2,30,31,32,36). The number of nitrogens with one attached hydrogen (secondary N) is 2. The van der Waals surface area contributed by atoms with E-state index in [-0.39, 0.29) is 5.11 Å². The predicted octanol–water partition coefficient (Wildman–Crippen LogP) is 6.81. The van der Waals surface area contributed by atoms with Crippen LogP contribution in [0.3, 0.4) is 0 Å². The fraction of sp³-hybridized carbons (Fsp3) is 0.222. The van der Waals surface area contributed by atoms with E-state index in [1.807, 2.05) is 31.2 Å². The molecule has 0 aliphatic heterocycles. The summed E-state index contributed by atoms with van der Waals surface area (Å²) in [5.41, 5.74) is 4.31. The zero-order valence-corrected chi connectivity index (χ0v) is 21.9. The Kier molecular flexibility index (Phi) is 7.76. The van der Waals surface area contributed by atoms with E-state index in [1.54, 1.807) is 31.4 Å². The van der Waals surface area contributed by atoms with Crippen molar-refractivity contribution in [2.24, 2.45) is 0 Å². The number of methoxy groups -OCH3 is 1. The Labute approximate surface area is 219 Å². The Bertz CT molecular complexity index is 1430. The summed E-state index contributed by atoms with van der Waals surface area (Å²) in [5, 5.41) is 6.12. The van der Waals surface area contributed by atoms with Crippen LogP contribution in [0, 0.1) is 0 Å². The third-order valence-electron chi connectivity index (χ3n) is 5.49. The summed E-state index contributed by atoms with van der Waals surface area (Å²) in [5.74, 6) is 1.50. The van der Waals surface area contributed by atoms with Crippen LogP contribution in [-0.2, 0) is 0 Å². The van der Waals surface area contributed by atoms with Crippen molar-refractivity contribution in [3.05, 3.63) is 70.7 Å². The monoisotopic (exact) mass is 523 g/mol. The van der Waals surface area contributed by atoms with Gasteiger partial charge in [-0.1, -0.05) is 31.5 Å². The van der Waals surface area contributed by atoms with E-state index >= 15 is 0 Å². The first kappa shape index (κ1) is 25.5. The molecule has 0 saturated carbocycles. The maximum atomic E-state index is 12.7. The van der Waals surface area contributed by atoms with Crippen molar-refractivity contribution in [3.63, 3.8) is 0 Å². The summed E-state index contributed by atoms with van der Waals surface area (Å²) in [6.45, 7) is 6.60. The first-order chi connectivity index (χ1) is 17.3. The highest BCUT2D eigenvalue weighted by Crippen LogP contribution is 2.33. The minimum absolute atomic E-state index is 0.0968. The lowest BCUT2D eigenvalue weighted by Gasteiger charge is -2.14. The number of rotatable bonds is 7. The molecule has 0 bridgehead atoms. The topological polar surface area (TPSA) is 85.6 Å². The minimum atomic E-state index is -0.410. The van der Waals surface area contributed by atoms with Crippen LogP contribution in [-0.4, -0.2) is 29.7 Å². The van der Waals surface area contributed by atoms with Gasteiger partial charge >= 0.3 is 0 Å². The molecule has 7 nitrogen and oxygen atoms in total. The number of oxazole rings is 1. The number of carbonyl (C=O) groups is 1. The largest absolute Gasteiger partial charge is 0.495 e. The number of amides is 1. The van der Waals surface area contributed by atoms with Crippen LogP contribution >= 0.6 is 23.8 Å². The molecule has 0 spiro atoms. The second-order valence-electron chi connectivity index (χ2n) is 8.30. The van der Waals surface area contributed by atoms with Crippen LogP contribution in [0.2, 0.25) is 5.02 Å². The maximum absolute atomic E-state index is 12.7. The molecule has 36 heavy (non-hydrogen) atoms. The van der Waals surface area contributed by atoms with Gasteiger partial charge in [0.25, 0.3) is 5.91 Å². The molecule has 4 rings (SSSR count). The first-order valence-corrected chi connectivity index (χ1v) is 12.2. The van der Waals surface area contributed by atoms with Crippen LogP contribution in [0.4, 0.5) is 5.69 Å². The summed E-state index contributed by atoms with van der Waals surface area (Å²) in [6.07, 6.45) is 0. The molecule has 0 fully saturated rings. The second-order valence-corrected chi connectivity index (χ2v) is 9.12. The predicted molar refractivity (Wildman–Crippen MR) is 146 cm³/mol. The number of carbonyl (C=O) groups excluding carboxylic acids is 1. The van der Waals surface area contributed by atoms with Crippen molar-refractivity contribution < 1.29 is 18.7 Å². The molecule has 0 saturated heterocycles. The van der Waals surface area contributed by atoms with Gasteiger partial charge in [0.05, 0.1) is 24.4 Å². The van der Waals surface area contributed by atoms with Crippen LogP contribution in [0.15, 0.2) is 59.0 Å². The molecule has 3 aromatic carbocycles. The molecule has 186 valence electrons. The Morgan fingerprint density at radius 3 is 2.58 bits per heavy atom. The van der Waals surface area contributed by atoms with Gasteiger partial charge in [-0.2, -0.15) is 0 Å². The zero-order chi connectivity index (χ0) is 25.8. The number of hydrogen-bond donors (Lipinski definition) is 2. The van der Waals surface area contributed by atoms with Crippen LogP contribution in [0.1, 0.15) is 42.6 Å². The van der Waals surface area contributed by atoms with Gasteiger partial charge in [0.15, 0.2) is 10.7 Å². The Morgan fingerprint density at radius 2 is 1.89 bits per heavy atom. The average Bonchev–Trinajstić information content (AvgIpc) is 3.28. The van der Waals surface area contributed by atoms with Crippen LogP contribution in [0.5, 0.6) is 11.5 Å². The summed E-state index contributed by atoms with van der Waals surface area (Å²) < 4.78 is 16.9. The van der Waals surface area contributed by atoms with E-state index in [1.165, 1.54) is 11.6 Å². The highest BCUT2D eigenvalue weighted by Gasteiger charge is 2.15. The minimum Gasteiger partial charge on any atom is -0.495 e. The second kappa shape index (κ2) is 11.0. The fourth-order valence-electron chi connectivity index (χ4n) is 3.61. The van der Waals surface area contributed by atoms with Crippen molar-refractivity contribution in [2.45, 2.75) is 26.7 Å². The number of anilines is 1. The number of benzene rings is 3. The van der Waals surface area contributed by atoms with Crippen LogP contribution in [0.25, 0.3) is 22.6 Å². The van der Waals surface area contributed by atoms with Gasteiger partial charge in [0.1, 0.15) is 17.0 Å². The lowest BCUT2D eigenvalue weighted by Crippen LogP contribution is -2.34. The fourth-order valence-corrected chi connectivity index (χ4v) is 4.05. The molecule has 0 atom stereocenters. The first-order valence-electron chi connectivity index (χ1n) is 11.4. The molecule has 1 heterocycles. The molecule has 0 unspecified atom stereocenters. The summed E-state index contributed by atoms with van der Waals surface area (Å²) in [4.78, 5) is 17.3. The van der Waals surface area contributed by atoms with Crippen molar-refractivity contribution in [3.8, 4) is 23.0 Å². The maximum Gasteiger partial charge on any atom is 0.257 e. The van der Waals surface area contributed by atoms with Crippen molar-refractivity contribution >= 4 is 51.6 Å². The molecule has 1 aromatic heterocycles. The molecular weight excluding hydrogens is 498 g/mol. The van der Waals surface area contributed by atoms with E-state index in [9.17, 15) is 4.79 Å². The molecular formula is C27H26ClN3O4S. The van der Waals surface area contributed by atoms with Gasteiger partial charge in [-0.05, 0) is 79.2 Å². The molecule has 2 N–H and O–H groups in total. The molecule has 0 aliphatic rings. The average molecular weight is 524 g/mol. The number of thiocarbonyl (C=S) groups is 1. The van der Waals surface area contributed by atoms with Crippen molar-refractivity contribution in [1.82, 2.24) is 10.3 Å². The number of nitrogens with zero attached hydrogens (tertiary/aromatic N) is 1. The Hall–Kier alpha value is -3.62. The summed E-state index contributed by atoms with van der Waals surface area (Å²) >= 11 is 11.6. The quantitative estimate of drug-likeness (QED) is 0.257. The van der Waals surface area contributed by atoms with Gasteiger partial charge in [-0.25, -0.2) is 4.98 Å². The van der Waals surface area contributed by atoms with Gasteiger partial charge in [0, 0.05) is 11.1 Å². The van der Waals surface area contributed by atoms with E-state index in [0.717, 1.165) is 11.1 Å². The highest BCUT2D eigenvalue weighted by molar-refractivity contribution is 7.80. The van der Waals surface area contributed by atoms with E-state index in [4.69, 9.17) is 37.7 Å². The third-order valence-corrected chi connectivity index (χ3v) is 5.99. The number of halogens is 1. The molecule has 1 amide bonds. The summed E-state index contributed by atoms with van der Waals surface area (Å²) in [6, 6.07) is 16.2. The summed E-state index contributed by atoms with van der Waals surface area (Å²) in [7, 11) is 1.55. The van der Waals surface area contributed by atoms with Gasteiger partial charge in [-0.15, -0.1) is 0 Å². The highest BCUT2D eigenvalue weighted by atomic mass is 35.5.